The van der Waals surface area contributed by atoms with E-state index < -0.39 is 5.95 Å². The van der Waals surface area contributed by atoms with Gasteiger partial charge in [-0.2, -0.15) is 4.39 Å². The molecule has 1 heterocycles. The lowest BCUT2D eigenvalue weighted by atomic mass is 10.1. The van der Waals surface area contributed by atoms with Crippen LogP contribution in [0, 0.1) is 5.95 Å². The number of nitrogens with two attached hydrogens (primary N) is 1. The molecule has 0 saturated heterocycles. The van der Waals surface area contributed by atoms with E-state index in [2.05, 4.69) is 11.6 Å². The largest absolute Gasteiger partial charge is 0.326 e. The molecule has 4 heteroatoms. The van der Waals surface area contributed by atoms with E-state index in [4.69, 9.17) is 17.3 Å². The highest BCUT2D eigenvalue weighted by molar-refractivity contribution is 6.30. The van der Waals surface area contributed by atoms with Crippen LogP contribution in [-0.4, -0.2) is 11.5 Å². The quantitative estimate of drug-likeness (QED) is 0.716. The second kappa shape index (κ2) is 3.65. The molecule has 0 amide bonds. The Morgan fingerprint density at radius 3 is 3.00 bits per heavy atom. The van der Waals surface area contributed by atoms with Crippen LogP contribution in [0.4, 0.5) is 4.39 Å². The van der Waals surface area contributed by atoms with Gasteiger partial charge < -0.3 is 5.73 Å². The Balaban J connectivity index is 3.13. The van der Waals surface area contributed by atoms with Gasteiger partial charge in [0.2, 0.25) is 5.95 Å². The maximum absolute atomic E-state index is 12.9. The van der Waals surface area contributed by atoms with Gasteiger partial charge >= 0.3 is 0 Å². The van der Waals surface area contributed by atoms with Crippen molar-refractivity contribution in [2.75, 3.05) is 6.54 Å². The Morgan fingerprint density at radius 1 is 1.75 bits per heavy atom. The molecule has 0 bridgehead atoms. The van der Waals surface area contributed by atoms with Gasteiger partial charge in [0.25, 0.3) is 0 Å². The van der Waals surface area contributed by atoms with Crippen LogP contribution in [0.15, 0.2) is 18.8 Å². The van der Waals surface area contributed by atoms with Gasteiger partial charge in [0, 0.05) is 18.3 Å². The van der Waals surface area contributed by atoms with E-state index in [0.29, 0.717) is 10.6 Å². The molecule has 1 aromatic rings. The normalized spacial score (nSPS) is 9.92. The highest BCUT2D eigenvalue weighted by atomic mass is 35.5. The Bertz CT molecular complexity index is 312. The van der Waals surface area contributed by atoms with Gasteiger partial charge in [0.1, 0.15) is 0 Å². The van der Waals surface area contributed by atoms with E-state index in [1.54, 1.807) is 0 Å². The smallest absolute Gasteiger partial charge is 0.220 e. The molecule has 0 aliphatic heterocycles. The molecule has 0 aliphatic carbocycles. The number of rotatable bonds is 2. The number of hydrogen-bond acceptors (Lipinski definition) is 2. The zero-order valence-electron chi connectivity index (χ0n) is 6.35. The monoisotopic (exact) mass is 186 g/mol. The molecule has 64 valence electrons. The molecule has 0 aromatic carbocycles. The topological polar surface area (TPSA) is 38.9 Å². The van der Waals surface area contributed by atoms with Crippen LogP contribution < -0.4 is 5.73 Å². The number of nitrogens with zero attached hydrogens (tertiary/aromatic N) is 1. The zero-order valence-corrected chi connectivity index (χ0v) is 7.11. The summed E-state index contributed by atoms with van der Waals surface area (Å²) in [6.45, 7) is 3.78. The van der Waals surface area contributed by atoms with Crippen molar-refractivity contribution >= 4 is 17.2 Å². The van der Waals surface area contributed by atoms with Gasteiger partial charge in [-0.05, 0) is 11.6 Å². The van der Waals surface area contributed by atoms with Crippen LogP contribution in [0.25, 0.3) is 5.57 Å². The molecule has 0 radical (unpaired) electrons. The summed E-state index contributed by atoms with van der Waals surface area (Å²) in [5.74, 6) is -0.588. The fraction of sp³-hybridized carbons (Fsp3) is 0.125. The summed E-state index contributed by atoms with van der Waals surface area (Å²) >= 11 is 5.61. The van der Waals surface area contributed by atoms with Crippen LogP contribution in [0.1, 0.15) is 5.56 Å². The molecule has 1 rings (SSSR count). The molecule has 0 atom stereocenters. The Hall–Kier alpha value is -0.930. The van der Waals surface area contributed by atoms with Gasteiger partial charge in [-0.25, -0.2) is 4.98 Å². The van der Waals surface area contributed by atoms with Crippen molar-refractivity contribution in [1.82, 2.24) is 4.98 Å². The first-order valence-electron chi connectivity index (χ1n) is 3.34. The van der Waals surface area contributed by atoms with Gasteiger partial charge in [-0.3, -0.25) is 0 Å². The van der Waals surface area contributed by atoms with Crippen molar-refractivity contribution in [2.45, 2.75) is 0 Å². The SMILES string of the molecule is C=C(CN)c1cc(Cl)cnc1F. The van der Waals surface area contributed by atoms with Crippen LogP contribution in [0.3, 0.4) is 0 Å². The second-order valence-corrected chi connectivity index (χ2v) is 2.74. The second-order valence-electron chi connectivity index (χ2n) is 2.30. The lowest BCUT2D eigenvalue weighted by Crippen LogP contribution is -2.03. The van der Waals surface area contributed by atoms with Gasteiger partial charge in [0.15, 0.2) is 0 Å². The van der Waals surface area contributed by atoms with E-state index in [-0.39, 0.29) is 12.1 Å². The minimum absolute atomic E-state index is 0.193. The zero-order chi connectivity index (χ0) is 9.14. The highest BCUT2D eigenvalue weighted by Gasteiger charge is 2.06. The van der Waals surface area contributed by atoms with E-state index in [1.165, 1.54) is 12.3 Å². The van der Waals surface area contributed by atoms with Crippen molar-refractivity contribution in [2.24, 2.45) is 5.73 Å². The Kier molecular flexibility index (Phi) is 2.78. The van der Waals surface area contributed by atoms with E-state index >= 15 is 0 Å². The lowest BCUT2D eigenvalue weighted by molar-refractivity contribution is 0.579. The third-order valence-electron chi connectivity index (χ3n) is 1.43. The van der Waals surface area contributed by atoms with Gasteiger partial charge in [-0.1, -0.05) is 18.2 Å². The molecule has 12 heavy (non-hydrogen) atoms. The first-order valence-corrected chi connectivity index (χ1v) is 3.72. The van der Waals surface area contributed by atoms with Crippen LogP contribution in [-0.2, 0) is 0 Å². The molecule has 2 N–H and O–H groups in total. The molecule has 0 aliphatic rings. The van der Waals surface area contributed by atoms with Crippen LogP contribution in [0.2, 0.25) is 5.02 Å². The summed E-state index contributed by atoms with van der Waals surface area (Å²) in [6.07, 6.45) is 1.24. The number of aromatic nitrogens is 1. The molecule has 0 saturated carbocycles. The first kappa shape index (κ1) is 9.16. The van der Waals surface area contributed by atoms with Gasteiger partial charge in [-0.15, -0.1) is 0 Å². The maximum atomic E-state index is 12.9. The standard InChI is InChI=1S/C8H8ClFN2/c1-5(3-11)7-2-6(9)4-12-8(7)10/h2,4H,1,3,11H2. The van der Waals surface area contributed by atoms with Crippen LogP contribution >= 0.6 is 11.6 Å². The minimum Gasteiger partial charge on any atom is -0.326 e. The molecule has 1 aromatic heterocycles. The first-order chi connectivity index (χ1) is 5.65. The van der Waals surface area contributed by atoms with Gasteiger partial charge in [0.05, 0.1) is 5.02 Å². The summed E-state index contributed by atoms with van der Waals surface area (Å²) in [5.41, 5.74) is 6.06. The number of pyridine rings is 1. The third kappa shape index (κ3) is 1.81. The summed E-state index contributed by atoms with van der Waals surface area (Å²) in [7, 11) is 0. The maximum Gasteiger partial charge on any atom is 0.220 e. The third-order valence-corrected chi connectivity index (χ3v) is 1.64. The average Bonchev–Trinajstić information content (AvgIpc) is 2.08. The van der Waals surface area contributed by atoms with Crippen molar-refractivity contribution in [3.8, 4) is 0 Å². The number of halogens is 2. The fourth-order valence-electron chi connectivity index (χ4n) is 0.780. The Morgan fingerprint density at radius 2 is 2.42 bits per heavy atom. The van der Waals surface area contributed by atoms with Crippen molar-refractivity contribution in [1.29, 1.82) is 0 Å². The van der Waals surface area contributed by atoms with Crippen molar-refractivity contribution < 1.29 is 4.39 Å². The van der Waals surface area contributed by atoms with Crippen LogP contribution in [0.5, 0.6) is 0 Å². The van der Waals surface area contributed by atoms with Crippen molar-refractivity contribution in [3.05, 3.63) is 35.4 Å². The van der Waals surface area contributed by atoms with E-state index in [1.807, 2.05) is 0 Å². The molecular formula is C8H8ClFN2. The predicted molar refractivity (Wildman–Crippen MR) is 47.3 cm³/mol. The summed E-state index contributed by atoms with van der Waals surface area (Å²) in [5, 5.41) is 0.376. The molecule has 0 spiro atoms. The Labute approximate surface area is 74.9 Å². The van der Waals surface area contributed by atoms with E-state index in [0.717, 1.165) is 0 Å². The molecule has 0 unspecified atom stereocenters. The summed E-state index contributed by atoms with van der Waals surface area (Å²) < 4.78 is 12.9. The predicted octanol–water partition coefficient (Wildman–Crippen LogP) is 1.85. The minimum atomic E-state index is -0.588. The number of hydrogen-bond donors (Lipinski definition) is 1. The summed E-state index contributed by atoms with van der Waals surface area (Å²) in [6, 6.07) is 1.46. The lowest BCUT2D eigenvalue weighted by Gasteiger charge is -2.03. The summed E-state index contributed by atoms with van der Waals surface area (Å²) in [4.78, 5) is 3.43. The average molecular weight is 187 g/mol. The molecule has 2 nitrogen and oxygen atoms in total. The molecule has 0 fully saturated rings. The highest BCUT2D eigenvalue weighted by Crippen LogP contribution is 2.17. The molecular weight excluding hydrogens is 179 g/mol. The van der Waals surface area contributed by atoms with Crippen molar-refractivity contribution in [3.63, 3.8) is 0 Å². The van der Waals surface area contributed by atoms with E-state index in [9.17, 15) is 4.39 Å². The fourth-order valence-corrected chi connectivity index (χ4v) is 0.938.